The predicted octanol–water partition coefficient (Wildman–Crippen LogP) is 4.42. The molecule has 0 bridgehead atoms. The average molecular weight is 442 g/mol. The molecule has 8 heteroatoms. The molecule has 1 aliphatic heterocycles. The molecule has 4 rings (SSSR count). The summed E-state index contributed by atoms with van der Waals surface area (Å²) in [7, 11) is 0. The fourth-order valence-electron chi connectivity index (χ4n) is 3.80. The summed E-state index contributed by atoms with van der Waals surface area (Å²) in [6.07, 6.45) is 0. The normalized spacial score (nSPS) is 17.2. The van der Waals surface area contributed by atoms with Gasteiger partial charge in [0.15, 0.2) is 5.78 Å². The Labute approximate surface area is 188 Å². The molecular formula is C25H18N2O6. The Morgan fingerprint density at radius 3 is 2.06 bits per heavy atom. The van der Waals surface area contributed by atoms with Crippen molar-refractivity contribution in [1.29, 1.82) is 0 Å². The third-order valence-electron chi connectivity index (χ3n) is 5.46. The number of nitro benzene ring substituents is 1. The van der Waals surface area contributed by atoms with Crippen LogP contribution in [0.15, 0.2) is 84.4 Å². The van der Waals surface area contributed by atoms with E-state index in [0.29, 0.717) is 22.4 Å². The molecule has 0 spiro atoms. The van der Waals surface area contributed by atoms with Crippen molar-refractivity contribution in [1.82, 2.24) is 0 Å². The van der Waals surface area contributed by atoms with Crippen LogP contribution in [0.3, 0.4) is 0 Å². The summed E-state index contributed by atoms with van der Waals surface area (Å²) in [6, 6.07) is 18.9. The van der Waals surface area contributed by atoms with Crippen LogP contribution in [0, 0.1) is 10.1 Å². The monoisotopic (exact) mass is 442 g/mol. The Morgan fingerprint density at radius 2 is 1.52 bits per heavy atom. The lowest BCUT2D eigenvalue weighted by molar-refractivity contribution is -0.384. The first-order chi connectivity index (χ1) is 15.8. The van der Waals surface area contributed by atoms with Crippen LogP contribution in [-0.2, 0) is 9.59 Å². The van der Waals surface area contributed by atoms with E-state index >= 15 is 0 Å². The van der Waals surface area contributed by atoms with Crippen LogP contribution < -0.4 is 4.90 Å². The van der Waals surface area contributed by atoms with Crippen molar-refractivity contribution in [2.75, 3.05) is 4.90 Å². The molecule has 1 amide bonds. The van der Waals surface area contributed by atoms with Gasteiger partial charge in [0.25, 0.3) is 17.4 Å². The largest absolute Gasteiger partial charge is 0.507 e. The number of nitrogens with zero attached hydrogens (tertiary/aromatic N) is 2. The number of aliphatic hydroxyl groups is 1. The maximum absolute atomic E-state index is 13.1. The molecule has 33 heavy (non-hydrogen) atoms. The van der Waals surface area contributed by atoms with Crippen molar-refractivity contribution >= 4 is 34.6 Å². The maximum atomic E-state index is 13.1. The number of hydrogen-bond acceptors (Lipinski definition) is 6. The van der Waals surface area contributed by atoms with Crippen LogP contribution in [0.4, 0.5) is 11.4 Å². The Balaban J connectivity index is 1.91. The van der Waals surface area contributed by atoms with E-state index in [0.717, 1.165) is 0 Å². The van der Waals surface area contributed by atoms with Crippen molar-refractivity contribution in [2.24, 2.45) is 0 Å². The summed E-state index contributed by atoms with van der Waals surface area (Å²) in [4.78, 5) is 49.5. The fourth-order valence-corrected chi connectivity index (χ4v) is 3.80. The number of hydrogen-bond donors (Lipinski definition) is 1. The molecule has 0 radical (unpaired) electrons. The summed E-state index contributed by atoms with van der Waals surface area (Å²) < 4.78 is 0. The second kappa shape index (κ2) is 8.51. The first kappa shape index (κ1) is 21.6. The van der Waals surface area contributed by atoms with E-state index < -0.39 is 22.7 Å². The highest BCUT2D eigenvalue weighted by Gasteiger charge is 2.47. The van der Waals surface area contributed by atoms with Gasteiger partial charge in [0.1, 0.15) is 5.76 Å². The highest BCUT2D eigenvalue weighted by molar-refractivity contribution is 6.51. The van der Waals surface area contributed by atoms with Gasteiger partial charge in [-0.2, -0.15) is 0 Å². The molecule has 1 unspecified atom stereocenters. The zero-order valence-corrected chi connectivity index (χ0v) is 17.5. The second-order valence-corrected chi connectivity index (χ2v) is 7.49. The molecule has 3 aromatic carbocycles. The topological polar surface area (TPSA) is 118 Å². The van der Waals surface area contributed by atoms with Crippen molar-refractivity contribution < 1.29 is 24.4 Å². The molecule has 3 aromatic rings. The molecule has 1 fully saturated rings. The lowest BCUT2D eigenvalue weighted by Crippen LogP contribution is -2.29. The first-order valence-electron chi connectivity index (χ1n) is 10.0. The number of benzene rings is 3. The second-order valence-electron chi connectivity index (χ2n) is 7.49. The van der Waals surface area contributed by atoms with Gasteiger partial charge in [-0.1, -0.05) is 30.3 Å². The molecule has 1 saturated heterocycles. The van der Waals surface area contributed by atoms with Gasteiger partial charge in [0, 0.05) is 28.9 Å². The summed E-state index contributed by atoms with van der Waals surface area (Å²) in [5.41, 5.74) is 1.27. The van der Waals surface area contributed by atoms with E-state index in [9.17, 15) is 29.6 Å². The van der Waals surface area contributed by atoms with E-state index in [1.165, 1.54) is 36.1 Å². The van der Waals surface area contributed by atoms with Crippen LogP contribution in [-0.4, -0.2) is 27.5 Å². The van der Waals surface area contributed by atoms with Gasteiger partial charge in [-0.05, 0) is 48.9 Å². The standard InChI is InChI=1S/C25H18N2O6/c1-15(28)16-7-11-19(12-8-16)26-22(17-9-13-20(14-10-17)27(32)33)21(24(30)25(26)31)23(29)18-5-3-2-4-6-18/h2-14,22,29H,1H3. The third-order valence-corrected chi connectivity index (χ3v) is 5.46. The minimum atomic E-state index is -1.02. The molecule has 0 aromatic heterocycles. The summed E-state index contributed by atoms with van der Waals surface area (Å²) in [6.45, 7) is 1.41. The molecule has 8 nitrogen and oxygen atoms in total. The molecule has 1 N–H and O–H groups in total. The van der Waals surface area contributed by atoms with Crippen molar-refractivity contribution in [2.45, 2.75) is 13.0 Å². The maximum Gasteiger partial charge on any atom is 0.300 e. The highest BCUT2D eigenvalue weighted by Crippen LogP contribution is 2.42. The molecular weight excluding hydrogens is 424 g/mol. The van der Waals surface area contributed by atoms with Crippen LogP contribution >= 0.6 is 0 Å². The van der Waals surface area contributed by atoms with Crippen molar-refractivity contribution in [3.05, 3.63) is 111 Å². The van der Waals surface area contributed by atoms with Crippen LogP contribution in [0.5, 0.6) is 0 Å². The van der Waals surface area contributed by atoms with Crippen LogP contribution in [0.2, 0.25) is 0 Å². The van der Waals surface area contributed by atoms with Crippen LogP contribution in [0.25, 0.3) is 5.76 Å². The van der Waals surface area contributed by atoms with Gasteiger partial charge < -0.3 is 5.11 Å². The van der Waals surface area contributed by atoms with E-state index in [1.807, 2.05) is 0 Å². The molecule has 0 aliphatic carbocycles. The van der Waals surface area contributed by atoms with Gasteiger partial charge in [0.2, 0.25) is 0 Å². The lowest BCUT2D eigenvalue weighted by atomic mass is 9.95. The molecule has 1 aliphatic rings. The van der Waals surface area contributed by atoms with E-state index in [1.54, 1.807) is 54.6 Å². The number of nitro groups is 1. The van der Waals surface area contributed by atoms with Gasteiger partial charge >= 0.3 is 0 Å². The quantitative estimate of drug-likeness (QED) is 0.156. The zero-order valence-electron chi connectivity index (χ0n) is 17.5. The molecule has 0 saturated carbocycles. The minimum Gasteiger partial charge on any atom is -0.507 e. The van der Waals surface area contributed by atoms with E-state index in [4.69, 9.17) is 0 Å². The van der Waals surface area contributed by atoms with Gasteiger partial charge in [-0.25, -0.2) is 0 Å². The Morgan fingerprint density at radius 1 is 0.909 bits per heavy atom. The third kappa shape index (κ3) is 3.89. The molecule has 1 atom stereocenters. The van der Waals surface area contributed by atoms with Gasteiger partial charge in [-0.3, -0.25) is 29.4 Å². The van der Waals surface area contributed by atoms with E-state index in [-0.39, 0.29) is 22.8 Å². The minimum absolute atomic E-state index is 0.129. The number of carbonyl (C=O) groups is 3. The van der Waals surface area contributed by atoms with Crippen molar-refractivity contribution in [3.8, 4) is 0 Å². The van der Waals surface area contributed by atoms with Crippen molar-refractivity contribution in [3.63, 3.8) is 0 Å². The predicted molar refractivity (Wildman–Crippen MR) is 121 cm³/mol. The number of ketones is 2. The number of anilines is 1. The SMILES string of the molecule is CC(=O)c1ccc(N2C(=O)C(=O)C(=C(O)c3ccccc3)C2c2ccc([N+](=O)[O-])cc2)cc1. The summed E-state index contributed by atoms with van der Waals surface area (Å²) >= 11 is 0. The Hall–Kier alpha value is -4.59. The summed E-state index contributed by atoms with van der Waals surface area (Å²) in [5, 5.41) is 22.1. The number of rotatable bonds is 5. The van der Waals surface area contributed by atoms with Crippen LogP contribution in [0.1, 0.15) is 34.5 Å². The van der Waals surface area contributed by atoms with Gasteiger partial charge in [0.05, 0.1) is 16.5 Å². The summed E-state index contributed by atoms with van der Waals surface area (Å²) in [5.74, 6) is -2.23. The molecule has 1 heterocycles. The number of carbonyl (C=O) groups excluding carboxylic acids is 3. The number of amides is 1. The average Bonchev–Trinajstić information content (AvgIpc) is 3.09. The molecule has 164 valence electrons. The fraction of sp³-hybridized carbons (Fsp3) is 0.0800. The Kier molecular flexibility index (Phi) is 5.58. The highest BCUT2D eigenvalue weighted by atomic mass is 16.6. The first-order valence-corrected chi connectivity index (χ1v) is 10.0. The Bertz CT molecular complexity index is 1290. The lowest BCUT2D eigenvalue weighted by Gasteiger charge is -2.25. The smallest absolute Gasteiger partial charge is 0.300 e. The number of non-ortho nitro benzene ring substituents is 1. The number of Topliss-reactive ketones (excluding diaryl/α,β-unsaturated/α-hetero) is 2. The zero-order chi connectivity index (χ0) is 23.7. The number of aliphatic hydroxyl groups excluding tert-OH is 1. The van der Waals surface area contributed by atoms with E-state index in [2.05, 4.69) is 0 Å². The van der Waals surface area contributed by atoms with Gasteiger partial charge in [-0.15, -0.1) is 0 Å².